The van der Waals surface area contributed by atoms with Crippen LogP contribution in [-0.2, 0) is 4.79 Å². The average Bonchev–Trinajstić information content (AvgIpc) is 2.88. The number of pyridine rings is 1. The number of halogens is 3. The van der Waals surface area contributed by atoms with E-state index in [1.807, 2.05) is 38.1 Å². The zero-order chi connectivity index (χ0) is 18.4. The van der Waals surface area contributed by atoms with Crippen molar-refractivity contribution >= 4 is 57.4 Å². The Morgan fingerprint density at radius 2 is 1.84 bits per heavy atom. The Labute approximate surface area is 159 Å². The van der Waals surface area contributed by atoms with Gasteiger partial charge in [0.05, 0.1) is 11.2 Å². The monoisotopic (exact) mass is 396 g/mol. The maximum absolute atomic E-state index is 12.0. The Kier molecular flexibility index (Phi) is 4.66. The van der Waals surface area contributed by atoms with Crippen LogP contribution in [0.3, 0.4) is 0 Å². The van der Waals surface area contributed by atoms with Crippen molar-refractivity contribution in [1.82, 2.24) is 14.8 Å². The molecule has 0 saturated carbocycles. The van der Waals surface area contributed by atoms with Crippen molar-refractivity contribution in [2.45, 2.75) is 24.6 Å². The van der Waals surface area contributed by atoms with Gasteiger partial charge in [-0.3, -0.25) is 4.79 Å². The van der Waals surface area contributed by atoms with Crippen LogP contribution >= 0.6 is 34.8 Å². The molecule has 0 bridgehead atoms. The molecule has 5 nitrogen and oxygen atoms in total. The number of hydrogen-bond acceptors (Lipinski definition) is 3. The molecule has 1 amide bonds. The van der Waals surface area contributed by atoms with Gasteiger partial charge in [0.15, 0.2) is 5.82 Å². The number of hydrogen-bond donors (Lipinski definition) is 1. The van der Waals surface area contributed by atoms with Crippen molar-refractivity contribution < 1.29 is 4.79 Å². The number of benzene rings is 1. The summed E-state index contributed by atoms with van der Waals surface area (Å²) >= 11 is 16.9. The number of carbonyl (C=O) groups excluding carboxylic acids is 1. The van der Waals surface area contributed by atoms with Crippen molar-refractivity contribution in [3.8, 4) is 5.82 Å². The standard InChI is InChI=1S/C17H15Cl3N4O/c1-9-5-4-6-12-10(2)7-13(21-15(9)12)24-14(8-11(3)23-24)22-16(25)17(18,19)20/h4-8H,1-3H3,(H,22,25). The molecule has 3 rings (SSSR count). The van der Waals surface area contributed by atoms with Crippen LogP contribution in [0.2, 0.25) is 0 Å². The molecular weight excluding hydrogens is 383 g/mol. The number of alkyl halides is 3. The van der Waals surface area contributed by atoms with Crippen molar-refractivity contribution in [3.63, 3.8) is 0 Å². The number of anilines is 1. The van der Waals surface area contributed by atoms with Gasteiger partial charge in [0.2, 0.25) is 0 Å². The second-order valence-electron chi connectivity index (χ2n) is 5.80. The summed E-state index contributed by atoms with van der Waals surface area (Å²) < 4.78 is -0.533. The number of aromatic nitrogens is 3. The Balaban J connectivity index is 2.13. The molecule has 0 spiro atoms. The Hall–Kier alpha value is -1.82. The molecule has 3 aromatic rings. The van der Waals surface area contributed by atoms with Gasteiger partial charge in [-0.25, -0.2) is 4.98 Å². The van der Waals surface area contributed by atoms with Gasteiger partial charge in [-0.1, -0.05) is 53.0 Å². The molecule has 0 fully saturated rings. The van der Waals surface area contributed by atoms with Crippen LogP contribution in [0.5, 0.6) is 0 Å². The first kappa shape index (κ1) is 18.0. The molecule has 1 aromatic carbocycles. The van der Waals surface area contributed by atoms with Crippen LogP contribution in [0.15, 0.2) is 30.3 Å². The Morgan fingerprint density at radius 1 is 1.12 bits per heavy atom. The number of amides is 1. The Morgan fingerprint density at radius 3 is 2.52 bits per heavy atom. The van der Waals surface area contributed by atoms with Crippen molar-refractivity contribution in [3.05, 3.63) is 47.2 Å². The SMILES string of the molecule is Cc1cc(NC(=O)C(Cl)(Cl)Cl)n(-c2cc(C)c3cccc(C)c3n2)n1. The molecule has 8 heteroatoms. The minimum Gasteiger partial charge on any atom is -0.307 e. The largest absolute Gasteiger partial charge is 0.307 e. The lowest BCUT2D eigenvalue weighted by Gasteiger charge is -2.14. The van der Waals surface area contributed by atoms with E-state index in [-0.39, 0.29) is 0 Å². The van der Waals surface area contributed by atoms with Gasteiger partial charge in [-0.2, -0.15) is 9.78 Å². The van der Waals surface area contributed by atoms with Crippen LogP contribution in [-0.4, -0.2) is 24.5 Å². The lowest BCUT2D eigenvalue weighted by Crippen LogP contribution is -2.28. The normalized spacial score (nSPS) is 11.8. The molecule has 0 aliphatic carbocycles. The fourth-order valence-electron chi connectivity index (χ4n) is 2.60. The van der Waals surface area contributed by atoms with E-state index in [0.29, 0.717) is 17.3 Å². The number of rotatable bonds is 2. The van der Waals surface area contributed by atoms with Gasteiger partial charge in [-0.15, -0.1) is 0 Å². The predicted molar refractivity (Wildman–Crippen MR) is 102 cm³/mol. The minimum absolute atomic E-state index is 0.383. The molecular formula is C17H15Cl3N4O. The Bertz CT molecular complexity index is 976. The molecule has 2 heterocycles. The quantitative estimate of drug-likeness (QED) is 0.640. The van der Waals surface area contributed by atoms with E-state index >= 15 is 0 Å². The van der Waals surface area contributed by atoms with Crippen molar-refractivity contribution in [2.75, 3.05) is 5.32 Å². The average molecular weight is 398 g/mol. The first-order chi connectivity index (χ1) is 11.7. The second-order valence-corrected chi connectivity index (χ2v) is 8.08. The first-order valence-corrected chi connectivity index (χ1v) is 8.62. The zero-order valence-corrected chi connectivity index (χ0v) is 16.0. The van der Waals surface area contributed by atoms with Gasteiger partial charge in [0, 0.05) is 11.5 Å². The van der Waals surface area contributed by atoms with Crippen molar-refractivity contribution in [1.29, 1.82) is 0 Å². The number of aryl methyl sites for hydroxylation is 3. The van der Waals surface area contributed by atoms with Crippen LogP contribution in [0.4, 0.5) is 5.82 Å². The summed E-state index contributed by atoms with van der Waals surface area (Å²) in [6.07, 6.45) is 0. The lowest BCUT2D eigenvalue weighted by atomic mass is 10.1. The molecule has 25 heavy (non-hydrogen) atoms. The number of nitrogens with zero attached hydrogens (tertiary/aromatic N) is 3. The van der Waals surface area contributed by atoms with Gasteiger partial charge in [-0.05, 0) is 38.0 Å². The summed E-state index contributed by atoms with van der Waals surface area (Å²) in [6.45, 7) is 5.81. The highest BCUT2D eigenvalue weighted by atomic mass is 35.6. The highest BCUT2D eigenvalue weighted by molar-refractivity contribution is 6.76. The topological polar surface area (TPSA) is 59.8 Å². The van der Waals surface area contributed by atoms with Gasteiger partial charge in [0.25, 0.3) is 9.70 Å². The summed E-state index contributed by atoms with van der Waals surface area (Å²) in [4.78, 5) is 16.7. The van der Waals surface area contributed by atoms with Crippen LogP contribution < -0.4 is 5.32 Å². The predicted octanol–water partition coefficient (Wildman–Crippen LogP) is 4.65. The molecule has 0 saturated heterocycles. The van der Waals surface area contributed by atoms with E-state index in [9.17, 15) is 4.79 Å². The smallest absolute Gasteiger partial charge is 0.277 e. The molecule has 0 atom stereocenters. The molecule has 0 unspecified atom stereocenters. The van der Waals surface area contributed by atoms with E-state index in [1.54, 1.807) is 13.0 Å². The van der Waals surface area contributed by atoms with Crippen LogP contribution in [0, 0.1) is 20.8 Å². The molecule has 0 radical (unpaired) electrons. The van der Waals surface area contributed by atoms with Gasteiger partial charge < -0.3 is 5.32 Å². The summed E-state index contributed by atoms with van der Waals surface area (Å²) in [5.41, 5.74) is 3.68. The van der Waals surface area contributed by atoms with Gasteiger partial charge in [0.1, 0.15) is 5.82 Å². The van der Waals surface area contributed by atoms with E-state index in [1.165, 1.54) is 4.68 Å². The lowest BCUT2D eigenvalue weighted by molar-refractivity contribution is -0.115. The van der Waals surface area contributed by atoms with E-state index in [4.69, 9.17) is 39.8 Å². The van der Waals surface area contributed by atoms with Crippen LogP contribution in [0.25, 0.3) is 16.7 Å². The summed E-state index contributed by atoms with van der Waals surface area (Å²) in [7, 11) is 0. The van der Waals surface area contributed by atoms with E-state index < -0.39 is 9.70 Å². The molecule has 2 aromatic heterocycles. The van der Waals surface area contributed by atoms with Gasteiger partial charge >= 0.3 is 0 Å². The fraction of sp³-hybridized carbons (Fsp3) is 0.235. The number of fused-ring (bicyclic) bond motifs is 1. The van der Waals surface area contributed by atoms with E-state index in [2.05, 4.69) is 10.4 Å². The molecule has 0 aliphatic rings. The highest BCUT2D eigenvalue weighted by Gasteiger charge is 2.31. The third kappa shape index (κ3) is 3.59. The first-order valence-electron chi connectivity index (χ1n) is 7.49. The second kappa shape index (κ2) is 6.48. The molecule has 1 N–H and O–H groups in total. The highest BCUT2D eigenvalue weighted by Crippen LogP contribution is 2.29. The zero-order valence-electron chi connectivity index (χ0n) is 13.8. The maximum atomic E-state index is 12.0. The third-order valence-electron chi connectivity index (χ3n) is 3.78. The molecule has 0 aliphatic heterocycles. The van der Waals surface area contributed by atoms with Crippen molar-refractivity contribution in [2.24, 2.45) is 0 Å². The number of nitrogens with one attached hydrogen (secondary N) is 1. The molecule has 130 valence electrons. The third-order valence-corrected chi connectivity index (χ3v) is 4.30. The fourth-order valence-corrected chi connectivity index (χ4v) is 2.74. The summed E-state index contributed by atoms with van der Waals surface area (Å²) in [5, 5.41) is 8.05. The van der Waals surface area contributed by atoms with E-state index in [0.717, 1.165) is 22.0 Å². The summed E-state index contributed by atoms with van der Waals surface area (Å²) in [5.74, 6) is 0.202. The summed E-state index contributed by atoms with van der Waals surface area (Å²) in [6, 6.07) is 9.61. The number of para-hydroxylation sites is 1. The maximum Gasteiger partial charge on any atom is 0.277 e. The van der Waals surface area contributed by atoms with Crippen LogP contribution in [0.1, 0.15) is 16.8 Å². The number of carbonyl (C=O) groups is 1. The minimum atomic E-state index is -2.06.